The van der Waals surface area contributed by atoms with E-state index in [9.17, 15) is 0 Å². The van der Waals surface area contributed by atoms with E-state index >= 15 is 0 Å². The van der Waals surface area contributed by atoms with Gasteiger partial charge in [-0.05, 0) is 101 Å². The van der Waals surface area contributed by atoms with E-state index in [0.717, 1.165) is 112 Å². The first-order chi connectivity index (χ1) is 33.5. The summed E-state index contributed by atoms with van der Waals surface area (Å²) in [7, 11) is 0. The van der Waals surface area contributed by atoms with E-state index in [-0.39, 0.29) is 0 Å². The number of hydrogen-bond donors (Lipinski definition) is 0. The Balaban J connectivity index is 1.04. The molecular weight excluding hydrogens is 827 g/mol. The molecule has 0 fully saturated rings. The van der Waals surface area contributed by atoms with Crippen molar-refractivity contribution in [1.29, 1.82) is 0 Å². The highest BCUT2D eigenvalue weighted by Gasteiger charge is 2.18. The van der Waals surface area contributed by atoms with Crippen LogP contribution in [-0.2, 0) is 0 Å². The molecule has 0 aliphatic heterocycles. The van der Waals surface area contributed by atoms with E-state index in [2.05, 4.69) is 202 Å². The third-order valence-corrected chi connectivity index (χ3v) is 12.2. The van der Waals surface area contributed by atoms with Crippen LogP contribution >= 0.6 is 0 Å². The maximum atomic E-state index is 5.32. The molecule has 68 heavy (non-hydrogen) atoms. The normalized spacial score (nSPS) is 11.1. The van der Waals surface area contributed by atoms with Gasteiger partial charge in [-0.2, -0.15) is 0 Å². The fraction of sp³-hybridized carbons (Fsp3) is 0.0317. The van der Waals surface area contributed by atoms with Gasteiger partial charge in [0.1, 0.15) is 0 Å². The summed E-state index contributed by atoms with van der Waals surface area (Å²) >= 11 is 0. The Kier molecular flexibility index (Phi) is 11.4. The van der Waals surface area contributed by atoms with Gasteiger partial charge in [-0.25, -0.2) is 19.9 Å². The predicted octanol–water partition coefficient (Wildman–Crippen LogP) is 15.9. The Morgan fingerprint density at radius 3 is 1.25 bits per heavy atom. The van der Waals surface area contributed by atoms with Crippen LogP contribution in [-0.4, -0.2) is 24.9 Å². The molecular formula is C63H45N5. The average molecular weight is 872 g/mol. The largest absolute Gasteiger partial charge is 0.258 e. The van der Waals surface area contributed by atoms with Gasteiger partial charge in [0.15, 0.2) is 11.6 Å². The molecule has 0 aliphatic rings. The second-order valence-corrected chi connectivity index (χ2v) is 17.0. The molecule has 0 unspecified atom stereocenters. The fourth-order valence-electron chi connectivity index (χ4n) is 9.00. The van der Waals surface area contributed by atoms with Crippen molar-refractivity contribution in [3.05, 3.63) is 248 Å². The molecule has 0 saturated carbocycles. The Bertz CT molecular complexity index is 3490. The maximum absolute atomic E-state index is 5.32. The Morgan fingerprint density at radius 2 is 0.618 bits per heavy atom. The number of rotatable bonds is 10. The molecule has 3 aromatic heterocycles. The molecule has 8 aromatic carbocycles. The average Bonchev–Trinajstić information content (AvgIpc) is 3.41. The van der Waals surface area contributed by atoms with Crippen LogP contribution < -0.4 is 0 Å². The summed E-state index contributed by atoms with van der Waals surface area (Å²) in [6, 6.07) is 82.5. The van der Waals surface area contributed by atoms with Crippen LogP contribution in [0.25, 0.3) is 112 Å². The monoisotopic (exact) mass is 871 g/mol. The van der Waals surface area contributed by atoms with Crippen LogP contribution in [0.3, 0.4) is 0 Å². The van der Waals surface area contributed by atoms with Gasteiger partial charge in [0.2, 0.25) is 0 Å². The van der Waals surface area contributed by atoms with E-state index < -0.39 is 0 Å². The van der Waals surface area contributed by atoms with Gasteiger partial charge < -0.3 is 0 Å². The number of aromatic nitrogens is 5. The van der Waals surface area contributed by atoms with Crippen molar-refractivity contribution in [2.45, 2.75) is 13.8 Å². The zero-order chi connectivity index (χ0) is 45.8. The quantitative estimate of drug-likeness (QED) is 0.137. The molecule has 0 aliphatic carbocycles. The van der Waals surface area contributed by atoms with Crippen molar-refractivity contribution in [3.8, 4) is 112 Å². The first-order valence-electron chi connectivity index (χ1n) is 22.9. The minimum absolute atomic E-state index is 0.660. The molecule has 0 spiro atoms. The summed E-state index contributed by atoms with van der Waals surface area (Å²) in [5, 5.41) is 0. The summed E-state index contributed by atoms with van der Waals surface area (Å²) in [6.45, 7) is 4.11. The summed E-state index contributed by atoms with van der Waals surface area (Å²) in [5.41, 5.74) is 20.2. The molecule has 322 valence electrons. The second kappa shape index (κ2) is 18.5. The zero-order valence-electron chi connectivity index (χ0n) is 37.8. The first-order valence-corrected chi connectivity index (χ1v) is 22.9. The SMILES string of the molecule is Cc1cc(-c2ccc(-c3cccc(-c4nc(-c5ccccc5)cc(-c5ccccc5-c5ccccc5)n4)c3)cc2-c2cccc(-c3cc(-c4ccccc4)nc(-c4ccccc4)n3)c2)cc(C)n1. The van der Waals surface area contributed by atoms with Gasteiger partial charge in [-0.3, -0.25) is 4.98 Å². The number of nitrogens with zero attached hydrogens (tertiary/aromatic N) is 5. The van der Waals surface area contributed by atoms with Gasteiger partial charge in [0.05, 0.1) is 22.8 Å². The molecule has 0 saturated heterocycles. The molecule has 3 heterocycles. The van der Waals surface area contributed by atoms with E-state index in [1.165, 1.54) is 0 Å². The Hall–Kier alpha value is -8.93. The minimum Gasteiger partial charge on any atom is -0.258 e. The lowest BCUT2D eigenvalue weighted by molar-refractivity contribution is 1.12. The van der Waals surface area contributed by atoms with Crippen LogP contribution in [0.2, 0.25) is 0 Å². The van der Waals surface area contributed by atoms with Crippen molar-refractivity contribution in [1.82, 2.24) is 24.9 Å². The molecule has 0 bridgehead atoms. The van der Waals surface area contributed by atoms with Gasteiger partial charge >= 0.3 is 0 Å². The molecule has 0 atom stereocenters. The molecule has 5 nitrogen and oxygen atoms in total. The third-order valence-electron chi connectivity index (χ3n) is 12.2. The van der Waals surface area contributed by atoms with Gasteiger partial charge in [0, 0.05) is 44.8 Å². The predicted molar refractivity (Wildman–Crippen MR) is 279 cm³/mol. The van der Waals surface area contributed by atoms with Crippen molar-refractivity contribution in [3.63, 3.8) is 0 Å². The number of aryl methyl sites for hydroxylation is 2. The number of hydrogen-bond acceptors (Lipinski definition) is 5. The van der Waals surface area contributed by atoms with Gasteiger partial charge in [-0.1, -0.05) is 194 Å². The summed E-state index contributed by atoms with van der Waals surface area (Å²) in [5.74, 6) is 1.34. The summed E-state index contributed by atoms with van der Waals surface area (Å²) < 4.78 is 0. The fourth-order valence-corrected chi connectivity index (χ4v) is 9.00. The van der Waals surface area contributed by atoms with Crippen molar-refractivity contribution in [2.24, 2.45) is 0 Å². The lowest BCUT2D eigenvalue weighted by Gasteiger charge is -2.16. The topological polar surface area (TPSA) is 64.5 Å². The highest BCUT2D eigenvalue weighted by molar-refractivity contribution is 5.90. The van der Waals surface area contributed by atoms with Crippen LogP contribution in [0.1, 0.15) is 11.4 Å². The molecule has 0 N–H and O–H groups in total. The maximum Gasteiger partial charge on any atom is 0.160 e. The summed E-state index contributed by atoms with van der Waals surface area (Å²) in [4.78, 5) is 25.5. The van der Waals surface area contributed by atoms with Crippen LogP contribution in [0, 0.1) is 13.8 Å². The lowest BCUT2D eigenvalue weighted by atomic mass is 9.89. The van der Waals surface area contributed by atoms with Crippen LogP contribution in [0.4, 0.5) is 0 Å². The third kappa shape index (κ3) is 8.77. The van der Waals surface area contributed by atoms with Gasteiger partial charge in [-0.15, -0.1) is 0 Å². The molecule has 5 heteroatoms. The number of pyridine rings is 1. The zero-order valence-corrected chi connectivity index (χ0v) is 37.8. The van der Waals surface area contributed by atoms with Crippen molar-refractivity contribution >= 4 is 0 Å². The Labute approximate surface area is 397 Å². The van der Waals surface area contributed by atoms with Gasteiger partial charge in [0.25, 0.3) is 0 Å². The smallest absolute Gasteiger partial charge is 0.160 e. The molecule has 11 rings (SSSR count). The summed E-state index contributed by atoms with van der Waals surface area (Å²) in [6.07, 6.45) is 0. The van der Waals surface area contributed by atoms with Crippen molar-refractivity contribution in [2.75, 3.05) is 0 Å². The standard InChI is InChI=1S/C63H45N5/c1-42-35-53(36-43(2)64-42)55-34-33-49(39-57(55)50-28-18-29-51(38-50)60-40-58(45-21-9-4-10-22-45)65-62(67-60)47-25-13-6-14-26-47)48-27-17-30-52(37-48)63-66-59(46-23-11-5-12-24-46)41-61(68-63)56-32-16-15-31-54(56)44-19-7-3-8-20-44/h3-41H,1-2H3. The molecule has 0 amide bonds. The second-order valence-electron chi connectivity index (χ2n) is 17.0. The molecule has 0 radical (unpaired) electrons. The highest BCUT2D eigenvalue weighted by atomic mass is 14.9. The van der Waals surface area contributed by atoms with Crippen molar-refractivity contribution < 1.29 is 0 Å². The molecule has 11 aromatic rings. The first kappa shape index (κ1) is 41.8. The highest BCUT2D eigenvalue weighted by Crippen LogP contribution is 2.40. The Morgan fingerprint density at radius 1 is 0.206 bits per heavy atom. The van der Waals surface area contributed by atoms with E-state index in [1.807, 2.05) is 48.5 Å². The van der Waals surface area contributed by atoms with Crippen LogP contribution in [0.15, 0.2) is 237 Å². The van der Waals surface area contributed by atoms with E-state index in [4.69, 9.17) is 24.9 Å². The van der Waals surface area contributed by atoms with E-state index in [1.54, 1.807) is 0 Å². The number of benzene rings is 8. The lowest BCUT2D eigenvalue weighted by Crippen LogP contribution is -1.97. The van der Waals surface area contributed by atoms with Crippen LogP contribution in [0.5, 0.6) is 0 Å². The van der Waals surface area contributed by atoms with E-state index in [0.29, 0.717) is 11.6 Å². The minimum atomic E-state index is 0.660.